The Balaban J connectivity index is 0. The van der Waals surface area contributed by atoms with Crippen molar-refractivity contribution >= 4 is 17.4 Å². The van der Waals surface area contributed by atoms with E-state index in [1.165, 1.54) is 0 Å². The third-order valence-corrected chi connectivity index (χ3v) is 7.72. The van der Waals surface area contributed by atoms with Crippen LogP contribution in [0.5, 0.6) is 0 Å². The summed E-state index contributed by atoms with van der Waals surface area (Å²) in [5.41, 5.74) is 0. The lowest BCUT2D eigenvalue weighted by molar-refractivity contribution is 0.0628. The molecular weight excluding hydrogens is 340 g/mol. The van der Waals surface area contributed by atoms with E-state index in [9.17, 15) is 0 Å². The van der Waals surface area contributed by atoms with Crippen molar-refractivity contribution in [1.29, 1.82) is 0 Å². The van der Waals surface area contributed by atoms with Gasteiger partial charge in [-0.1, -0.05) is 40.0 Å². The Kier molecular flexibility index (Phi) is 18.4. The van der Waals surface area contributed by atoms with E-state index in [-0.39, 0.29) is 0 Å². The maximum absolute atomic E-state index is 5.86. The Morgan fingerprint density at radius 3 is 1.04 bits per heavy atom. The van der Waals surface area contributed by atoms with Crippen LogP contribution in [0.25, 0.3) is 0 Å². The smallest absolute Gasteiger partial charge is 0.398 e. The molecule has 0 fully saturated rings. The van der Waals surface area contributed by atoms with Crippen LogP contribution >= 0.6 is 0 Å². The second-order valence-corrected chi connectivity index (χ2v) is 12.5. The quantitative estimate of drug-likeness (QED) is 0.313. The first-order chi connectivity index (χ1) is 11.3. The second-order valence-electron chi connectivity index (χ2n) is 6.28. The summed E-state index contributed by atoms with van der Waals surface area (Å²) in [4.78, 5) is 0. The van der Waals surface area contributed by atoms with Gasteiger partial charge in [0.2, 0.25) is 0 Å². The van der Waals surface area contributed by atoms with E-state index < -0.39 is 17.4 Å². The van der Waals surface area contributed by atoms with Crippen molar-refractivity contribution in [3.8, 4) is 0 Å². The normalized spacial score (nSPS) is 12.0. The first-order valence-corrected chi connectivity index (χ1v) is 14.4. The summed E-state index contributed by atoms with van der Waals surface area (Å²) >= 11 is 0. The van der Waals surface area contributed by atoms with Crippen LogP contribution in [-0.4, -0.2) is 51.4 Å². The lowest BCUT2D eigenvalue weighted by Crippen LogP contribution is -2.43. The molecule has 5 nitrogen and oxygen atoms in total. The van der Waals surface area contributed by atoms with Gasteiger partial charge in [-0.15, -0.1) is 0 Å². The van der Waals surface area contributed by atoms with Crippen LogP contribution in [-0.2, 0) is 22.1 Å². The summed E-state index contributed by atoms with van der Waals surface area (Å²) in [5, 5.41) is 0. The molecule has 0 bridgehead atoms. The van der Waals surface area contributed by atoms with Crippen molar-refractivity contribution in [2.24, 2.45) is 0 Å². The van der Waals surface area contributed by atoms with Crippen LogP contribution in [0.4, 0.5) is 0 Å². The molecule has 0 saturated carbocycles. The van der Waals surface area contributed by atoms with E-state index in [1.807, 2.05) is 19.6 Å². The zero-order valence-corrected chi connectivity index (χ0v) is 19.4. The van der Waals surface area contributed by atoms with Gasteiger partial charge in [0.25, 0.3) is 0 Å². The van der Waals surface area contributed by atoms with Gasteiger partial charge in [-0.05, 0) is 32.4 Å². The fraction of sp³-hybridized carbons (Fsp3) is 1.00. The Labute approximate surface area is 153 Å². The number of unbranched alkanes of at least 4 members (excludes halogenated alkanes) is 3. The van der Waals surface area contributed by atoms with Crippen LogP contribution in [0.2, 0.25) is 19.6 Å². The summed E-state index contributed by atoms with van der Waals surface area (Å²) in [6.07, 6.45) is 6.68. The zero-order valence-electron chi connectivity index (χ0n) is 17.4. The first kappa shape index (κ1) is 26.5. The predicted molar refractivity (Wildman–Crippen MR) is 106 cm³/mol. The van der Waals surface area contributed by atoms with E-state index in [0.717, 1.165) is 58.3 Å². The highest BCUT2D eigenvalue weighted by molar-refractivity contribution is 6.64. The van der Waals surface area contributed by atoms with Crippen LogP contribution in [0.3, 0.4) is 0 Å². The molecule has 0 aromatic rings. The van der Waals surface area contributed by atoms with E-state index >= 15 is 0 Å². The summed E-state index contributed by atoms with van der Waals surface area (Å²) in [6.45, 7) is 14.8. The molecule has 148 valence electrons. The average Bonchev–Trinajstić information content (AvgIpc) is 2.56. The van der Waals surface area contributed by atoms with E-state index in [2.05, 4.69) is 20.8 Å². The van der Waals surface area contributed by atoms with Crippen molar-refractivity contribution in [2.45, 2.75) is 78.9 Å². The Bertz CT molecular complexity index is 233. The molecule has 0 rings (SSSR count). The minimum atomic E-state index is -2.36. The SMILES string of the molecule is CCCCO[Si](C)(OCCCC)OCCCC.CO[Si](C)(C)OC. The van der Waals surface area contributed by atoms with Gasteiger partial charge in [-0.2, -0.15) is 0 Å². The lowest BCUT2D eigenvalue weighted by atomic mass is 10.4. The molecule has 0 atom stereocenters. The largest absolute Gasteiger partial charge is 0.497 e. The standard InChI is InChI=1S/C13H30O3Si.C4H12O2Si/c1-5-8-11-14-17(4,15-12-9-6-2)16-13-10-7-3;1-5-7(3,4)6-2/h5-13H2,1-4H3;1-4H3. The molecule has 0 spiro atoms. The van der Waals surface area contributed by atoms with E-state index in [0.29, 0.717) is 0 Å². The molecule has 0 N–H and O–H groups in total. The van der Waals surface area contributed by atoms with Crippen molar-refractivity contribution < 1.29 is 22.1 Å². The van der Waals surface area contributed by atoms with E-state index in [4.69, 9.17) is 22.1 Å². The number of hydrogen-bond donors (Lipinski definition) is 0. The molecule has 0 aliphatic rings. The number of rotatable bonds is 14. The monoisotopic (exact) mass is 382 g/mol. The minimum absolute atomic E-state index is 0.761. The number of hydrogen-bond acceptors (Lipinski definition) is 5. The van der Waals surface area contributed by atoms with Gasteiger partial charge in [0, 0.05) is 40.6 Å². The molecule has 0 aromatic carbocycles. The van der Waals surface area contributed by atoms with Gasteiger partial charge < -0.3 is 22.1 Å². The Morgan fingerprint density at radius 2 is 0.875 bits per heavy atom. The maximum atomic E-state index is 5.86. The fourth-order valence-electron chi connectivity index (χ4n) is 1.41. The first-order valence-electron chi connectivity index (χ1n) is 9.32. The molecule has 0 saturated heterocycles. The van der Waals surface area contributed by atoms with Crippen LogP contribution < -0.4 is 0 Å². The second kappa shape index (κ2) is 16.7. The van der Waals surface area contributed by atoms with Gasteiger partial charge in [0.05, 0.1) is 0 Å². The lowest BCUT2D eigenvalue weighted by Gasteiger charge is -2.26. The van der Waals surface area contributed by atoms with Gasteiger partial charge in [-0.25, -0.2) is 0 Å². The molecule has 24 heavy (non-hydrogen) atoms. The van der Waals surface area contributed by atoms with Crippen LogP contribution in [0.1, 0.15) is 59.3 Å². The van der Waals surface area contributed by atoms with Crippen LogP contribution in [0, 0.1) is 0 Å². The third-order valence-electron chi connectivity index (χ3n) is 3.57. The highest BCUT2D eigenvalue weighted by Crippen LogP contribution is 2.12. The minimum Gasteiger partial charge on any atom is -0.398 e. The van der Waals surface area contributed by atoms with Crippen molar-refractivity contribution in [2.75, 3.05) is 34.0 Å². The third kappa shape index (κ3) is 17.1. The maximum Gasteiger partial charge on any atom is 0.497 e. The van der Waals surface area contributed by atoms with Gasteiger partial charge in [0.1, 0.15) is 0 Å². The molecule has 0 amide bonds. The molecule has 7 heteroatoms. The van der Waals surface area contributed by atoms with Gasteiger partial charge in [0.15, 0.2) is 0 Å². The molecular formula is C17H42O5Si2. The summed E-state index contributed by atoms with van der Waals surface area (Å²) in [5.74, 6) is 0. The predicted octanol–water partition coefficient (Wildman–Crippen LogP) is 4.99. The highest BCUT2D eigenvalue weighted by atomic mass is 28.4. The fourth-order valence-corrected chi connectivity index (χ4v) is 3.38. The van der Waals surface area contributed by atoms with Gasteiger partial charge >= 0.3 is 17.4 Å². The summed E-state index contributed by atoms with van der Waals surface area (Å²) < 4.78 is 27.6. The molecule has 0 aromatic heterocycles. The molecule has 0 aliphatic heterocycles. The Hall–Kier alpha value is 0.234. The Morgan fingerprint density at radius 1 is 0.583 bits per heavy atom. The van der Waals surface area contributed by atoms with Crippen molar-refractivity contribution in [3.05, 3.63) is 0 Å². The topological polar surface area (TPSA) is 46.2 Å². The van der Waals surface area contributed by atoms with Gasteiger partial charge in [-0.3, -0.25) is 0 Å². The zero-order chi connectivity index (χ0) is 18.9. The van der Waals surface area contributed by atoms with Crippen molar-refractivity contribution in [1.82, 2.24) is 0 Å². The van der Waals surface area contributed by atoms with Crippen molar-refractivity contribution in [3.63, 3.8) is 0 Å². The summed E-state index contributed by atoms with van der Waals surface area (Å²) in [7, 11) is -0.660. The highest BCUT2D eigenvalue weighted by Gasteiger charge is 2.34. The molecule has 0 aliphatic carbocycles. The average molecular weight is 383 g/mol. The summed E-state index contributed by atoms with van der Waals surface area (Å²) in [6, 6.07) is 0. The molecule has 0 radical (unpaired) electrons. The molecule has 0 unspecified atom stereocenters. The van der Waals surface area contributed by atoms with E-state index in [1.54, 1.807) is 14.2 Å². The van der Waals surface area contributed by atoms with Crippen LogP contribution in [0.15, 0.2) is 0 Å². The molecule has 0 heterocycles.